The molecule has 0 saturated heterocycles. The quantitative estimate of drug-likeness (QED) is 0.606. The predicted molar refractivity (Wildman–Crippen MR) is 105 cm³/mol. The van der Waals surface area contributed by atoms with Gasteiger partial charge in [0.1, 0.15) is 5.82 Å². The number of benzene rings is 1. The molecule has 6 heteroatoms. The van der Waals surface area contributed by atoms with E-state index in [0.29, 0.717) is 12.2 Å². The average Bonchev–Trinajstić information content (AvgIpc) is 2.64. The average molecular weight is 373 g/mol. The molecule has 0 aliphatic heterocycles. The van der Waals surface area contributed by atoms with Crippen molar-refractivity contribution in [3.8, 4) is 5.75 Å². The molecule has 2 rings (SSSR count). The highest BCUT2D eigenvalue weighted by Gasteiger charge is 2.13. The van der Waals surface area contributed by atoms with Crippen LogP contribution in [0.3, 0.4) is 0 Å². The van der Waals surface area contributed by atoms with Gasteiger partial charge in [0.2, 0.25) is 0 Å². The van der Waals surface area contributed by atoms with Crippen LogP contribution >= 0.6 is 0 Å². The number of unbranched alkanes of at least 4 members (excludes halogenated alkanes) is 4. The highest BCUT2D eigenvalue weighted by atomic mass is 19.1. The lowest BCUT2D eigenvalue weighted by molar-refractivity contribution is 0.0951. The topological polar surface area (TPSA) is 77.2 Å². The van der Waals surface area contributed by atoms with Gasteiger partial charge in [-0.1, -0.05) is 44.7 Å². The summed E-state index contributed by atoms with van der Waals surface area (Å²) in [6.07, 6.45) is 5.56. The van der Waals surface area contributed by atoms with E-state index in [0.717, 1.165) is 18.5 Å². The van der Waals surface area contributed by atoms with E-state index in [1.807, 2.05) is 0 Å². The third-order valence-electron chi connectivity index (χ3n) is 4.30. The van der Waals surface area contributed by atoms with Gasteiger partial charge in [-0.25, -0.2) is 9.37 Å². The second-order valence-corrected chi connectivity index (χ2v) is 6.56. The van der Waals surface area contributed by atoms with Crippen molar-refractivity contribution in [3.63, 3.8) is 0 Å². The molecule has 0 unspecified atom stereocenters. The lowest BCUT2D eigenvalue weighted by Crippen LogP contribution is -2.24. The number of rotatable bonds is 10. The molecular weight excluding hydrogens is 345 g/mol. The zero-order chi connectivity index (χ0) is 19.6. The first kappa shape index (κ1) is 20.7. The van der Waals surface area contributed by atoms with Gasteiger partial charge in [0.05, 0.1) is 12.2 Å². The summed E-state index contributed by atoms with van der Waals surface area (Å²) >= 11 is 0. The highest BCUT2D eigenvalue weighted by Crippen LogP contribution is 2.21. The van der Waals surface area contributed by atoms with Gasteiger partial charge in [-0.3, -0.25) is 4.79 Å². The molecule has 0 aliphatic carbocycles. The number of nitrogens with one attached hydrogen (secondary N) is 1. The van der Waals surface area contributed by atoms with Gasteiger partial charge in [0.25, 0.3) is 5.91 Å². The minimum Gasteiger partial charge on any atom is -0.491 e. The number of ether oxygens (including phenoxy) is 1. The number of aryl methyl sites for hydroxylation is 1. The van der Waals surface area contributed by atoms with Crippen LogP contribution in [0.5, 0.6) is 5.75 Å². The minimum absolute atomic E-state index is 0.0473. The Morgan fingerprint density at radius 3 is 2.70 bits per heavy atom. The molecule has 0 fully saturated rings. The summed E-state index contributed by atoms with van der Waals surface area (Å²) in [5.74, 6) is -0.454. The van der Waals surface area contributed by atoms with Crippen LogP contribution in [0, 0.1) is 12.7 Å². The molecule has 0 bridgehead atoms. The molecule has 3 N–H and O–H groups in total. The summed E-state index contributed by atoms with van der Waals surface area (Å²) in [5, 5.41) is 2.68. The van der Waals surface area contributed by atoms with Crippen molar-refractivity contribution in [1.29, 1.82) is 0 Å². The molecule has 0 radical (unpaired) electrons. The molecule has 1 heterocycles. The fourth-order valence-corrected chi connectivity index (χ4v) is 2.73. The third-order valence-corrected chi connectivity index (χ3v) is 4.30. The maximum atomic E-state index is 14.6. The van der Waals surface area contributed by atoms with E-state index in [1.165, 1.54) is 19.3 Å². The van der Waals surface area contributed by atoms with Gasteiger partial charge in [-0.2, -0.15) is 0 Å². The van der Waals surface area contributed by atoms with Crippen LogP contribution in [-0.2, 0) is 6.54 Å². The monoisotopic (exact) mass is 373 g/mol. The Morgan fingerprint density at radius 2 is 1.96 bits per heavy atom. The van der Waals surface area contributed by atoms with Crippen molar-refractivity contribution in [2.45, 2.75) is 52.5 Å². The maximum absolute atomic E-state index is 14.6. The second kappa shape index (κ2) is 10.5. The second-order valence-electron chi connectivity index (χ2n) is 6.56. The number of carbonyl (C=O) groups excluding carboxylic acids is 1. The molecule has 2 aromatic rings. The lowest BCUT2D eigenvalue weighted by Gasteiger charge is -2.12. The number of carbonyl (C=O) groups is 1. The van der Waals surface area contributed by atoms with Gasteiger partial charge in [-0.05, 0) is 31.5 Å². The van der Waals surface area contributed by atoms with Crippen LogP contribution in [0.2, 0.25) is 0 Å². The predicted octanol–water partition coefficient (Wildman–Crippen LogP) is 4.39. The summed E-state index contributed by atoms with van der Waals surface area (Å²) in [6, 6.07) is 8.27. The largest absolute Gasteiger partial charge is 0.491 e. The number of nitrogens with two attached hydrogens (primary N) is 1. The molecule has 0 saturated carbocycles. The normalized spacial score (nSPS) is 10.6. The van der Waals surface area contributed by atoms with Crippen molar-refractivity contribution in [2.75, 3.05) is 12.3 Å². The van der Waals surface area contributed by atoms with E-state index in [2.05, 4.69) is 17.2 Å². The van der Waals surface area contributed by atoms with E-state index in [4.69, 9.17) is 10.5 Å². The summed E-state index contributed by atoms with van der Waals surface area (Å²) in [5.41, 5.74) is 7.15. The van der Waals surface area contributed by atoms with Crippen molar-refractivity contribution in [1.82, 2.24) is 10.3 Å². The summed E-state index contributed by atoms with van der Waals surface area (Å²) in [4.78, 5) is 16.3. The number of nitrogens with zero attached hydrogens (tertiary/aromatic N) is 1. The molecule has 0 spiro atoms. The van der Waals surface area contributed by atoms with Gasteiger partial charge in [-0.15, -0.1) is 0 Å². The Hall–Kier alpha value is -2.63. The number of hydrogen-bond donors (Lipinski definition) is 2. The molecule has 1 amide bonds. The van der Waals surface area contributed by atoms with Crippen molar-refractivity contribution in [2.24, 2.45) is 0 Å². The van der Waals surface area contributed by atoms with E-state index < -0.39 is 5.82 Å². The van der Waals surface area contributed by atoms with Crippen molar-refractivity contribution < 1.29 is 13.9 Å². The van der Waals surface area contributed by atoms with Crippen molar-refractivity contribution in [3.05, 3.63) is 53.0 Å². The molecule has 146 valence electrons. The van der Waals surface area contributed by atoms with Crippen LogP contribution < -0.4 is 15.8 Å². The molecular formula is C21H28FN3O2. The highest BCUT2D eigenvalue weighted by molar-refractivity contribution is 5.98. The standard InChI is InChI=1S/C21H28FN3O2/c1-3-4-5-6-7-13-27-18-10-8-9-16(19(18)22)14-24-21(26)17-12-11-15(2)25-20(17)23/h8-12H,3-7,13-14H2,1-2H3,(H2,23,25)(H,24,26). The lowest BCUT2D eigenvalue weighted by atomic mass is 10.1. The Bertz CT molecular complexity index is 765. The SMILES string of the molecule is CCCCCCCOc1cccc(CNC(=O)c2ccc(C)nc2N)c1F. The number of nitrogen functional groups attached to an aromatic ring is 1. The van der Waals surface area contributed by atoms with Crippen molar-refractivity contribution >= 4 is 11.7 Å². The smallest absolute Gasteiger partial charge is 0.255 e. The molecule has 0 atom stereocenters. The molecule has 5 nitrogen and oxygen atoms in total. The fourth-order valence-electron chi connectivity index (χ4n) is 2.73. The summed E-state index contributed by atoms with van der Waals surface area (Å²) in [6.45, 7) is 4.50. The minimum atomic E-state index is -0.443. The first-order valence-electron chi connectivity index (χ1n) is 9.44. The first-order chi connectivity index (χ1) is 13.0. The number of pyridine rings is 1. The number of halogens is 1. The Kier molecular flexibility index (Phi) is 8.04. The van der Waals surface area contributed by atoms with E-state index in [9.17, 15) is 9.18 Å². The number of aromatic nitrogens is 1. The third kappa shape index (κ3) is 6.24. The number of amides is 1. The van der Waals surface area contributed by atoms with Gasteiger partial charge < -0.3 is 15.8 Å². The van der Waals surface area contributed by atoms with Crippen LogP contribution in [0.15, 0.2) is 30.3 Å². The molecule has 0 aliphatic rings. The summed E-state index contributed by atoms with van der Waals surface area (Å²) in [7, 11) is 0. The summed E-state index contributed by atoms with van der Waals surface area (Å²) < 4.78 is 20.1. The van der Waals surface area contributed by atoms with E-state index >= 15 is 0 Å². The molecule has 1 aromatic heterocycles. The number of hydrogen-bond acceptors (Lipinski definition) is 4. The van der Waals surface area contributed by atoms with Crippen LogP contribution in [0.4, 0.5) is 10.2 Å². The number of anilines is 1. The van der Waals surface area contributed by atoms with Gasteiger partial charge >= 0.3 is 0 Å². The zero-order valence-corrected chi connectivity index (χ0v) is 16.1. The van der Waals surface area contributed by atoms with Gasteiger partial charge in [0.15, 0.2) is 11.6 Å². The van der Waals surface area contributed by atoms with Gasteiger partial charge in [0, 0.05) is 17.8 Å². The Morgan fingerprint density at radius 1 is 1.19 bits per heavy atom. The Balaban J connectivity index is 1.90. The fraction of sp³-hybridized carbons (Fsp3) is 0.429. The Labute approximate surface area is 160 Å². The van der Waals surface area contributed by atoms with Crippen LogP contribution in [0.1, 0.15) is 60.6 Å². The zero-order valence-electron chi connectivity index (χ0n) is 16.1. The maximum Gasteiger partial charge on any atom is 0.255 e. The van der Waals surface area contributed by atoms with Crippen LogP contribution in [0.25, 0.3) is 0 Å². The van der Waals surface area contributed by atoms with Crippen LogP contribution in [-0.4, -0.2) is 17.5 Å². The molecule has 27 heavy (non-hydrogen) atoms. The van der Waals surface area contributed by atoms with E-state index in [-0.39, 0.29) is 29.6 Å². The van der Waals surface area contributed by atoms with E-state index in [1.54, 1.807) is 37.3 Å². The first-order valence-corrected chi connectivity index (χ1v) is 9.44. The molecule has 1 aromatic carbocycles.